The van der Waals surface area contributed by atoms with Crippen LogP contribution in [0.25, 0.3) is 5.69 Å². The van der Waals surface area contributed by atoms with Crippen molar-refractivity contribution in [1.82, 2.24) is 24.2 Å². The third-order valence-electron chi connectivity index (χ3n) is 6.41. The van der Waals surface area contributed by atoms with E-state index < -0.39 is 22.0 Å². The summed E-state index contributed by atoms with van der Waals surface area (Å²) >= 11 is 0. The fraction of sp³-hybridized carbons (Fsp3) is 0.571. The molecule has 11 heteroatoms. The van der Waals surface area contributed by atoms with E-state index in [1.165, 1.54) is 32.5 Å². The Morgan fingerprint density at radius 2 is 1.81 bits per heavy atom. The smallest absolute Gasteiger partial charge is 0.248 e. The highest BCUT2D eigenvalue weighted by molar-refractivity contribution is 7.89. The minimum Gasteiger partial charge on any atom is -0.341 e. The number of sulfonamides is 1. The number of benzene rings is 1. The highest BCUT2D eigenvalue weighted by Crippen LogP contribution is 2.36. The maximum Gasteiger partial charge on any atom is 0.248 e. The average Bonchev–Trinajstić information content (AvgIpc) is 3.45. The van der Waals surface area contributed by atoms with E-state index in [0.29, 0.717) is 18.5 Å². The van der Waals surface area contributed by atoms with Crippen LogP contribution in [0.15, 0.2) is 35.5 Å². The molecule has 1 amide bonds. The van der Waals surface area contributed by atoms with Crippen LogP contribution in [0.4, 0.5) is 8.78 Å². The number of alkyl halides is 2. The molecule has 2 aromatic rings. The molecular weight excluding hydrogens is 440 g/mol. The van der Waals surface area contributed by atoms with Gasteiger partial charge in [-0.2, -0.15) is 19.3 Å². The molecule has 1 atom stereocenters. The zero-order valence-corrected chi connectivity index (χ0v) is 18.9. The lowest BCUT2D eigenvalue weighted by Crippen LogP contribution is -2.50. The first-order valence-electron chi connectivity index (χ1n) is 10.7. The molecule has 2 aliphatic rings. The summed E-state index contributed by atoms with van der Waals surface area (Å²) in [4.78, 5) is 16.0. The van der Waals surface area contributed by atoms with E-state index in [1.54, 1.807) is 19.2 Å². The van der Waals surface area contributed by atoms with Crippen LogP contribution < -0.4 is 0 Å². The fourth-order valence-electron chi connectivity index (χ4n) is 4.57. The predicted molar refractivity (Wildman–Crippen MR) is 113 cm³/mol. The number of rotatable bonds is 5. The quantitative estimate of drug-likeness (QED) is 0.675. The second-order valence-electron chi connectivity index (χ2n) is 8.60. The average molecular weight is 468 g/mol. The Morgan fingerprint density at radius 3 is 2.47 bits per heavy atom. The highest BCUT2D eigenvalue weighted by Gasteiger charge is 2.44. The Hall–Kier alpha value is -2.40. The van der Waals surface area contributed by atoms with Gasteiger partial charge in [0.1, 0.15) is 16.6 Å². The lowest BCUT2D eigenvalue weighted by molar-refractivity contribution is -0.138. The second-order valence-corrected chi connectivity index (χ2v) is 10.5. The van der Waals surface area contributed by atoms with Crippen LogP contribution in [0.5, 0.6) is 0 Å². The van der Waals surface area contributed by atoms with Gasteiger partial charge in [-0.05, 0) is 50.3 Å². The van der Waals surface area contributed by atoms with Gasteiger partial charge in [-0.25, -0.2) is 17.2 Å². The van der Waals surface area contributed by atoms with Crippen LogP contribution in [0, 0.1) is 6.92 Å². The van der Waals surface area contributed by atoms with Crippen LogP contribution in [-0.4, -0.2) is 70.1 Å². The molecule has 1 aliphatic carbocycles. The number of hydrogen-bond acceptors (Lipinski definition) is 5. The molecule has 0 radical (unpaired) electrons. The molecule has 32 heavy (non-hydrogen) atoms. The minimum absolute atomic E-state index is 0.0268. The molecular formula is C21H27F2N5O3S. The van der Waals surface area contributed by atoms with Crippen molar-refractivity contribution in [3.63, 3.8) is 0 Å². The van der Waals surface area contributed by atoms with Crippen molar-refractivity contribution in [2.24, 2.45) is 0 Å². The van der Waals surface area contributed by atoms with Crippen LogP contribution >= 0.6 is 0 Å². The number of aromatic nitrogens is 3. The van der Waals surface area contributed by atoms with Gasteiger partial charge in [0.15, 0.2) is 0 Å². The van der Waals surface area contributed by atoms with Crippen molar-refractivity contribution in [1.29, 1.82) is 0 Å². The second kappa shape index (κ2) is 8.51. The number of hydrogen-bond donors (Lipinski definition) is 0. The molecule has 1 saturated heterocycles. The number of likely N-dealkylation sites (N-methyl/N-ethyl adjacent to an activating group) is 1. The summed E-state index contributed by atoms with van der Waals surface area (Å²) in [6.45, 7) is 2.06. The van der Waals surface area contributed by atoms with Crippen LogP contribution in [-0.2, 0) is 14.8 Å². The molecule has 2 fully saturated rings. The third kappa shape index (κ3) is 4.27. The van der Waals surface area contributed by atoms with E-state index in [9.17, 15) is 22.0 Å². The van der Waals surface area contributed by atoms with Gasteiger partial charge >= 0.3 is 0 Å². The SMILES string of the molecule is Cc1ccc(S(=O)(=O)N2CCC[C@H]2C(=O)N(C)C2CCC(F)(F)CC2)c(-n2nccn2)c1. The van der Waals surface area contributed by atoms with Gasteiger partial charge in [0.2, 0.25) is 21.9 Å². The molecule has 1 aliphatic heterocycles. The van der Waals surface area contributed by atoms with Gasteiger partial charge < -0.3 is 4.90 Å². The van der Waals surface area contributed by atoms with Crippen molar-refractivity contribution < 1.29 is 22.0 Å². The number of aryl methyl sites for hydroxylation is 1. The molecule has 8 nitrogen and oxygen atoms in total. The zero-order chi connectivity index (χ0) is 23.1. The summed E-state index contributed by atoms with van der Waals surface area (Å²) in [6, 6.07) is 3.73. The van der Waals surface area contributed by atoms with Crippen molar-refractivity contribution in [3.8, 4) is 5.69 Å². The molecule has 1 saturated carbocycles. The molecule has 4 rings (SSSR count). The van der Waals surface area contributed by atoms with Gasteiger partial charge in [0.05, 0.1) is 12.4 Å². The Kier molecular flexibility index (Phi) is 6.06. The van der Waals surface area contributed by atoms with Crippen molar-refractivity contribution >= 4 is 15.9 Å². The number of halogens is 2. The number of carbonyl (C=O) groups excluding carboxylic acids is 1. The van der Waals surface area contributed by atoms with Gasteiger partial charge in [0.25, 0.3) is 0 Å². The molecule has 1 aromatic heterocycles. The first kappa shape index (κ1) is 22.8. The van der Waals surface area contributed by atoms with E-state index in [4.69, 9.17) is 0 Å². The Balaban J connectivity index is 1.60. The van der Waals surface area contributed by atoms with Crippen LogP contribution in [0.3, 0.4) is 0 Å². The molecule has 0 spiro atoms. The standard InChI is InChI=1S/C21H27F2N5O3S/c1-15-5-6-19(18(14-15)28-24-11-12-25-28)32(30,31)27-13-3-4-17(27)20(29)26(2)16-7-9-21(22,23)10-8-16/h5-6,11-12,14,16-17H,3-4,7-10,13H2,1-2H3/t17-/m0/s1. The molecule has 1 aromatic carbocycles. The number of amides is 1. The molecule has 2 heterocycles. The first-order chi connectivity index (χ1) is 15.1. The number of nitrogens with zero attached hydrogens (tertiary/aromatic N) is 5. The summed E-state index contributed by atoms with van der Waals surface area (Å²) in [5, 5.41) is 8.14. The third-order valence-corrected chi connectivity index (χ3v) is 8.36. The normalized spacial score (nSPS) is 22.2. The monoisotopic (exact) mass is 467 g/mol. The van der Waals surface area contributed by atoms with E-state index in [1.807, 2.05) is 6.92 Å². The fourth-order valence-corrected chi connectivity index (χ4v) is 6.37. The lowest BCUT2D eigenvalue weighted by atomic mass is 9.91. The topological polar surface area (TPSA) is 88.4 Å². The van der Waals surface area contributed by atoms with E-state index in [2.05, 4.69) is 10.2 Å². The summed E-state index contributed by atoms with van der Waals surface area (Å²) in [7, 11) is -2.44. The van der Waals surface area contributed by atoms with E-state index in [0.717, 1.165) is 5.56 Å². The Labute approximate surface area is 186 Å². The van der Waals surface area contributed by atoms with Crippen molar-refractivity contribution in [2.45, 2.75) is 68.4 Å². The van der Waals surface area contributed by atoms with Crippen LogP contribution in [0.2, 0.25) is 0 Å². The summed E-state index contributed by atoms with van der Waals surface area (Å²) < 4.78 is 55.6. The largest absolute Gasteiger partial charge is 0.341 e. The van der Waals surface area contributed by atoms with Gasteiger partial charge in [-0.3, -0.25) is 4.79 Å². The first-order valence-corrected chi connectivity index (χ1v) is 12.2. The van der Waals surface area contributed by atoms with E-state index >= 15 is 0 Å². The lowest BCUT2D eigenvalue weighted by Gasteiger charge is -2.37. The number of carbonyl (C=O) groups is 1. The highest BCUT2D eigenvalue weighted by atomic mass is 32.2. The Morgan fingerprint density at radius 1 is 1.16 bits per heavy atom. The molecule has 0 unspecified atom stereocenters. The molecule has 0 N–H and O–H groups in total. The molecule has 0 bridgehead atoms. The summed E-state index contributed by atoms with van der Waals surface area (Å²) in [6.07, 6.45) is 3.77. The van der Waals surface area contributed by atoms with Gasteiger partial charge in [-0.15, -0.1) is 0 Å². The van der Waals surface area contributed by atoms with E-state index in [-0.39, 0.29) is 49.1 Å². The Bertz CT molecular complexity index is 1080. The van der Waals surface area contributed by atoms with Crippen molar-refractivity contribution in [3.05, 3.63) is 36.2 Å². The minimum atomic E-state index is -4.02. The van der Waals surface area contributed by atoms with Gasteiger partial charge in [-0.1, -0.05) is 6.07 Å². The summed E-state index contributed by atoms with van der Waals surface area (Å²) in [5.41, 5.74) is 1.16. The maximum atomic E-state index is 13.6. The van der Waals surface area contributed by atoms with Crippen LogP contribution in [0.1, 0.15) is 44.1 Å². The maximum absolute atomic E-state index is 13.6. The molecule has 174 valence electrons. The summed E-state index contributed by atoms with van der Waals surface area (Å²) in [5.74, 6) is -3.03. The zero-order valence-electron chi connectivity index (χ0n) is 18.1. The predicted octanol–water partition coefficient (Wildman–Crippen LogP) is 2.77. The van der Waals surface area contributed by atoms with Crippen molar-refractivity contribution in [2.75, 3.05) is 13.6 Å². The van der Waals surface area contributed by atoms with Gasteiger partial charge in [0, 0.05) is 32.5 Å².